The first-order valence-electron chi connectivity index (χ1n) is 4.68. The summed E-state index contributed by atoms with van der Waals surface area (Å²) < 4.78 is 2.75. The number of benzene rings is 1. The Hall–Kier alpha value is -1.01. The number of hydrogen-bond donors (Lipinski definition) is 1. The molecule has 0 amide bonds. The van der Waals surface area contributed by atoms with Crippen molar-refractivity contribution in [2.45, 2.75) is 11.7 Å². The van der Waals surface area contributed by atoms with Crippen LogP contribution in [0.4, 0.5) is 5.95 Å². The third-order valence-electron chi connectivity index (χ3n) is 2.08. The average molecular weight is 299 g/mol. The summed E-state index contributed by atoms with van der Waals surface area (Å²) in [6.07, 6.45) is 1.93. The number of nitrogens with two attached hydrogens (primary N) is 1. The molecule has 1 heterocycles. The molecule has 6 heteroatoms. The largest absolute Gasteiger partial charge is 0.368 e. The summed E-state index contributed by atoms with van der Waals surface area (Å²) in [4.78, 5) is 4.13. The maximum atomic E-state index is 5.77. The van der Waals surface area contributed by atoms with Gasteiger partial charge in [0.25, 0.3) is 0 Å². The minimum absolute atomic E-state index is 0.448. The number of aromatic nitrogens is 3. The molecule has 4 nitrogen and oxygen atoms in total. The van der Waals surface area contributed by atoms with Crippen molar-refractivity contribution in [2.75, 3.05) is 12.0 Å². The number of halogens is 1. The second-order valence-corrected chi connectivity index (χ2v) is 4.93. The van der Waals surface area contributed by atoms with E-state index in [9.17, 15) is 0 Å². The van der Waals surface area contributed by atoms with Gasteiger partial charge in [-0.3, -0.25) is 0 Å². The smallest absolute Gasteiger partial charge is 0.219 e. The summed E-state index contributed by atoms with van der Waals surface area (Å²) in [5.74, 6) is 0.448. The van der Waals surface area contributed by atoms with Gasteiger partial charge in [-0.25, -0.2) is 4.68 Å². The van der Waals surface area contributed by atoms with Crippen LogP contribution in [-0.4, -0.2) is 21.0 Å². The molecule has 0 radical (unpaired) electrons. The van der Waals surface area contributed by atoms with Crippen molar-refractivity contribution in [3.05, 3.63) is 34.3 Å². The fourth-order valence-corrected chi connectivity index (χ4v) is 2.16. The molecule has 16 heavy (non-hydrogen) atoms. The summed E-state index contributed by atoms with van der Waals surface area (Å²) in [7, 11) is 0. The van der Waals surface area contributed by atoms with Gasteiger partial charge in [0.1, 0.15) is 0 Å². The molecule has 0 aliphatic heterocycles. The summed E-state index contributed by atoms with van der Waals surface area (Å²) in [5.41, 5.74) is 6.90. The molecule has 0 unspecified atom stereocenters. The Morgan fingerprint density at radius 3 is 2.94 bits per heavy atom. The van der Waals surface area contributed by atoms with Gasteiger partial charge < -0.3 is 5.73 Å². The Kier molecular flexibility index (Phi) is 3.50. The van der Waals surface area contributed by atoms with Crippen molar-refractivity contribution in [3.63, 3.8) is 0 Å². The highest BCUT2D eigenvalue weighted by Gasteiger charge is 2.06. The molecule has 0 bridgehead atoms. The summed E-state index contributed by atoms with van der Waals surface area (Å²) >= 11 is 4.92. The van der Waals surface area contributed by atoms with Crippen molar-refractivity contribution < 1.29 is 0 Å². The van der Waals surface area contributed by atoms with E-state index in [1.807, 2.05) is 30.5 Å². The molecule has 0 aliphatic rings. The third-order valence-corrected chi connectivity index (χ3v) is 3.12. The van der Waals surface area contributed by atoms with Gasteiger partial charge in [-0.2, -0.15) is 4.98 Å². The lowest BCUT2D eigenvalue weighted by Gasteiger charge is -2.03. The number of nitrogen functional groups attached to an aromatic ring is 1. The maximum absolute atomic E-state index is 5.77. The number of nitrogens with zero attached hydrogens (tertiary/aromatic N) is 3. The van der Waals surface area contributed by atoms with Crippen LogP contribution in [0, 0.1) is 0 Å². The third kappa shape index (κ3) is 2.56. The minimum Gasteiger partial charge on any atom is -0.368 e. The van der Waals surface area contributed by atoms with Crippen LogP contribution in [0.5, 0.6) is 0 Å². The average Bonchev–Trinajstić information content (AvgIpc) is 2.60. The van der Waals surface area contributed by atoms with Crippen LogP contribution in [0.15, 0.2) is 33.9 Å². The van der Waals surface area contributed by atoms with E-state index >= 15 is 0 Å². The normalized spacial score (nSPS) is 10.6. The maximum Gasteiger partial charge on any atom is 0.219 e. The number of thioether (sulfide) groups is 1. The summed E-state index contributed by atoms with van der Waals surface area (Å²) in [6, 6.07) is 8.05. The molecule has 1 aromatic heterocycles. The van der Waals surface area contributed by atoms with Crippen LogP contribution in [-0.2, 0) is 6.54 Å². The Bertz CT molecular complexity index is 497. The monoisotopic (exact) mass is 298 g/mol. The molecular formula is C10H11BrN4S. The number of rotatable bonds is 3. The van der Waals surface area contributed by atoms with E-state index < -0.39 is 0 Å². The van der Waals surface area contributed by atoms with Crippen LogP contribution in [0.2, 0.25) is 0 Å². The predicted octanol–water partition coefficient (Wildman–Crippen LogP) is 2.39. The SMILES string of the molecule is CSc1nc(N)n(Cc2cccc(Br)c2)n1. The van der Waals surface area contributed by atoms with E-state index in [0.29, 0.717) is 17.6 Å². The van der Waals surface area contributed by atoms with E-state index in [2.05, 4.69) is 26.0 Å². The molecule has 2 rings (SSSR count). The second-order valence-electron chi connectivity index (χ2n) is 3.24. The quantitative estimate of drug-likeness (QED) is 0.884. The Labute approximate surface area is 106 Å². The lowest BCUT2D eigenvalue weighted by Crippen LogP contribution is -2.06. The van der Waals surface area contributed by atoms with Gasteiger partial charge in [-0.1, -0.05) is 39.8 Å². The molecule has 0 aliphatic carbocycles. The first-order chi connectivity index (χ1) is 7.69. The zero-order chi connectivity index (χ0) is 11.5. The highest BCUT2D eigenvalue weighted by Crippen LogP contribution is 2.15. The van der Waals surface area contributed by atoms with Crippen LogP contribution >= 0.6 is 27.7 Å². The van der Waals surface area contributed by atoms with E-state index in [1.54, 1.807) is 4.68 Å². The lowest BCUT2D eigenvalue weighted by molar-refractivity contribution is 0.675. The topological polar surface area (TPSA) is 56.7 Å². The Morgan fingerprint density at radius 2 is 2.31 bits per heavy atom. The van der Waals surface area contributed by atoms with Gasteiger partial charge in [0.15, 0.2) is 0 Å². The van der Waals surface area contributed by atoms with Crippen LogP contribution in [0.3, 0.4) is 0 Å². The Balaban J connectivity index is 2.23. The van der Waals surface area contributed by atoms with Crippen LogP contribution < -0.4 is 5.73 Å². The van der Waals surface area contributed by atoms with Gasteiger partial charge >= 0.3 is 0 Å². The molecule has 2 N–H and O–H groups in total. The first-order valence-corrected chi connectivity index (χ1v) is 6.69. The minimum atomic E-state index is 0.448. The molecule has 0 fully saturated rings. The Morgan fingerprint density at radius 1 is 1.50 bits per heavy atom. The summed E-state index contributed by atoms with van der Waals surface area (Å²) in [5, 5.41) is 4.98. The molecular weight excluding hydrogens is 288 g/mol. The van der Waals surface area contributed by atoms with Crippen LogP contribution in [0.1, 0.15) is 5.56 Å². The first kappa shape index (κ1) is 11.5. The van der Waals surface area contributed by atoms with Gasteiger partial charge in [-0.15, -0.1) is 5.10 Å². The lowest BCUT2D eigenvalue weighted by atomic mass is 10.2. The van der Waals surface area contributed by atoms with E-state index in [4.69, 9.17) is 5.73 Å². The molecule has 0 saturated carbocycles. The van der Waals surface area contributed by atoms with E-state index in [1.165, 1.54) is 11.8 Å². The van der Waals surface area contributed by atoms with Gasteiger partial charge in [0.2, 0.25) is 11.1 Å². The molecule has 1 aromatic carbocycles. The van der Waals surface area contributed by atoms with Crippen molar-refractivity contribution in [1.82, 2.24) is 14.8 Å². The number of anilines is 1. The predicted molar refractivity (Wildman–Crippen MR) is 69.5 cm³/mol. The van der Waals surface area contributed by atoms with Gasteiger partial charge in [0, 0.05) is 4.47 Å². The standard InChI is InChI=1S/C10H11BrN4S/c1-16-10-13-9(12)15(14-10)6-7-3-2-4-8(11)5-7/h2-5H,6H2,1H3,(H2,12,13,14). The zero-order valence-corrected chi connectivity index (χ0v) is 11.1. The molecule has 2 aromatic rings. The second kappa shape index (κ2) is 4.88. The highest BCUT2D eigenvalue weighted by atomic mass is 79.9. The van der Waals surface area contributed by atoms with Crippen molar-refractivity contribution >= 4 is 33.6 Å². The number of hydrogen-bond acceptors (Lipinski definition) is 4. The molecule has 0 atom stereocenters. The van der Waals surface area contributed by atoms with Crippen molar-refractivity contribution in [3.8, 4) is 0 Å². The van der Waals surface area contributed by atoms with Crippen molar-refractivity contribution in [2.24, 2.45) is 0 Å². The van der Waals surface area contributed by atoms with E-state index in [0.717, 1.165) is 10.0 Å². The highest BCUT2D eigenvalue weighted by molar-refractivity contribution is 9.10. The molecule has 0 saturated heterocycles. The van der Waals surface area contributed by atoms with Crippen molar-refractivity contribution in [1.29, 1.82) is 0 Å². The summed E-state index contributed by atoms with van der Waals surface area (Å²) in [6.45, 7) is 0.638. The molecule has 84 valence electrons. The van der Waals surface area contributed by atoms with Crippen LogP contribution in [0.25, 0.3) is 0 Å². The zero-order valence-electron chi connectivity index (χ0n) is 8.72. The van der Waals surface area contributed by atoms with Gasteiger partial charge in [0.05, 0.1) is 6.54 Å². The fraction of sp³-hybridized carbons (Fsp3) is 0.200. The van der Waals surface area contributed by atoms with E-state index in [-0.39, 0.29) is 0 Å². The fourth-order valence-electron chi connectivity index (χ4n) is 1.34. The van der Waals surface area contributed by atoms with Gasteiger partial charge in [-0.05, 0) is 24.0 Å². The molecule has 0 spiro atoms.